The third-order valence-corrected chi connectivity index (χ3v) is 6.76. The summed E-state index contributed by atoms with van der Waals surface area (Å²) in [6, 6.07) is 0. The molecule has 0 atom stereocenters. The summed E-state index contributed by atoms with van der Waals surface area (Å²) in [7, 11) is -3.18. The van der Waals surface area contributed by atoms with Crippen LogP contribution < -0.4 is 5.73 Å². The number of halogens is 1. The Morgan fingerprint density at radius 2 is 1.73 bits per heavy atom. The standard InChI is InChI=1S/C14H27N3O3S.HI/c1-21(18,19)14(6-10-20-11-7-14)12-16-13(15)17-8-4-2-3-5-9-17;/h2-12H2,1H3,(H2,15,16);1H. The lowest BCUT2D eigenvalue weighted by atomic mass is 9.99. The van der Waals surface area contributed by atoms with Gasteiger partial charge in [-0.1, -0.05) is 12.8 Å². The van der Waals surface area contributed by atoms with E-state index in [0.717, 1.165) is 25.9 Å². The highest BCUT2D eigenvalue weighted by molar-refractivity contribution is 14.0. The van der Waals surface area contributed by atoms with E-state index in [4.69, 9.17) is 10.5 Å². The first-order valence-electron chi connectivity index (χ1n) is 7.77. The largest absolute Gasteiger partial charge is 0.381 e. The first-order valence-corrected chi connectivity index (χ1v) is 9.66. The maximum Gasteiger partial charge on any atom is 0.191 e. The van der Waals surface area contributed by atoms with Crippen LogP contribution in [-0.2, 0) is 14.6 Å². The van der Waals surface area contributed by atoms with Crippen molar-refractivity contribution in [2.45, 2.75) is 43.3 Å². The maximum atomic E-state index is 12.2. The van der Waals surface area contributed by atoms with E-state index in [1.165, 1.54) is 19.1 Å². The van der Waals surface area contributed by atoms with Crippen molar-refractivity contribution in [3.05, 3.63) is 0 Å². The Morgan fingerprint density at radius 3 is 2.23 bits per heavy atom. The zero-order valence-corrected chi connectivity index (χ0v) is 16.4. The van der Waals surface area contributed by atoms with E-state index in [2.05, 4.69) is 9.89 Å². The van der Waals surface area contributed by atoms with Gasteiger partial charge in [-0.25, -0.2) is 8.42 Å². The van der Waals surface area contributed by atoms with Crippen LogP contribution >= 0.6 is 24.0 Å². The molecule has 2 N–H and O–H groups in total. The van der Waals surface area contributed by atoms with Crippen LogP contribution in [0, 0.1) is 0 Å². The Labute approximate surface area is 150 Å². The van der Waals surface area contributed by atoms with Crippen LogP contribution in [0.3, 0.4) is 0 Å². The Bertz CT molecular complexity index is 468. The molecule has 2 heterocycles. The van der Waals surface area contributed by atoms with Gasteiger partial charge in [-0.15, -0.1) is 24.0 Å². The summed E-state index contributed by atoms with van der Waals surface area (Å²) >= 11 is 0. The Balaban J connectivity index is 0.00000242. The maximum absolute atomic E-state index is 12.2. The molecule has 0 aliphatic carbocycles. The zero-order valence-electron chi connectivity index (χ0n) is 13.3. The number of guanidine groups is 1. The summed E-state index contributed by atoms with van der Waals surface area (Å²) in [4.78, 5) is 6.52. The fraction of sp³-hybridized carbons (Fsp3) is 0.929. The van der Waals surface area contributed by atoms with Gasteiger partial charge >= 0.3 is 0 Å². The van der Waals surface area contributed by atoms with Crippen LogP contribution in [0.2, 0.25) is 0 Å². The van der Waals surface area contributed by atoms with E-state index in [1.807, 2.05) is 0 Å². The van der Waals surface area contributed by atoms with Gasteiger partial charge < -0.3 is 15.4 Å². The van der Waals surface area contributed by atoms with E-state index < -0.39 is 14.6 Å². The molecule has 6 nitrogen and oxygen atoms in total. The van der Waals surface area contributed by atoms with Crippen LogP contribution in [0.5, 0.6) is 0 Å². The molecule has 130 valence electrons. The molecular formula is C14H28IN3O3S. The number of hydrogen-bond donors (Lipinski definition) is 1. The molecule has 2 saturated heterocycles. The molecule has 0 radical (unpaired) electrons. The van der Waals surface area contributed by atoms with Crippen molar-refractivity contribution in [1.29, 1.82) is 0 Å². The number of hydrogen-bond acceptors (Lipinski definition) is 4. The fourth-order valence-electron chi connectivity index (χ4n) is 3.01. The SMILES string of the molecule is CS(=O)(=O)C1(CN=C(N)N2CCCCCC2)CCOCC1.I. The van der Waals surface area contributed by atoms with Crippen LogP contribution in [0.15, 0.2) is 4.99 Å². The predicted molar refractivity (Wildman–Crippen MR) is 99.6 cm³/mol. The van der Waals surface area contributed by atoms with Gasteiger partial charge in [0.2, 0.25) is 0 Å². The van der Waals surface area contributed by atoms with Crippen LogP contribution in [0.1, 0.15) is 38.5 Å². The number of rotatable bonds is 3. The molecule has 0 aromatic carbocycles. The first kappa shape index (κ1) is 20.0. The van der Waals surface area contributed by atoms with Crippen LogP contribution in [0.25, 0.3) is 0 Å². The van der Waals surface area contributed by atoms with Crippen molar-refractivity contribution < 1.29 is 13.2 Å². The van der Waals surface area contributed by atoms with Gasteiger partial charge in [0.05, 0.1) is 11.3 Å². The highest BCUT2D eigenvalue weighted by atomic mass is 127. The lowest BCUT2D eigenvalue weighted by molar-refractivity contribution is 0.0767. The summed E-state index contributed by atoms with van der Waals surface area (Å²) in [5.74, 6) is 0.492. The van der Waals surface area contributed by atoms with Crippen molar-refractivity contribution in [2.24, 2.45) is 10.7 Å². The molecule has 2 aliphatic heterocycles. The second kappa shape index (κ2) is 8.68. The second-order valence-corrected chi connectivity index (χ2v) is 8.55. The summed E-state index contributed by atoms with van der Waals surface area (Å²) in [5, 5.41) is 0. The number of nitrogens with two attached hydrogens (primary N) is 1. The Hall–Kier alpha value is -0.0900. The number of likely N-dealkylation sites (tertiary alicyclic amines) is 1. The quantitative estimate of drug-likeness (QED) is 0.403. The van der Waals surface area contributed by atoms with Gasteiger partial charge in [0.1, 0.15) is 0 Å². The monoisotopic (exact) mass is 445 g/mol. The molecule has 0 unspecified atom stereocenters. The van der Waals surface area contributed by atoms with Gasteiger partial charge in [-0.2, -0.15) is 0 Å². The van der Waals surface area contributed by atoms with E-state index >= 15 is 0 Å². The van der Waals surface area contributed by atoms with Gasteiger partial charge in [-0.3, -0.25) is 4.99 Å². The van der Waals surface area contributed by atoms with Crippen molar-refractivity contribution in [2.75, 3.05) is 39.1 Å². The zero-order chi connectivity index (χ0) is 15.3. The molecule has 2 rings (SSSR count). The topological polar surface area (TPSA) is 85.0 Å². The van der Waals surface area contributed by atoms with E-state index in [-0.39, 0.29) is 30.5 Å². The summed E-state index contributed by atoms with van der Waals surface area (Å²) in [6.07, 6.45) is 7.02. The normalized spacial score (nSPS) is 23.5. The van der Waals surface area contributed by atoms with Crippen molar-refractivity contribution in [3.63, 3.8) is 0 Å². The van der Waals surface area contributed by atoms with Gasteiger partial charge in [0, 0.05) is 32.6 Å². The van der Waals surface area contributed by atoms with Gasteiger partial charge in [0.15, 0.2) is 15.8 Å². The molecular weight excluding hydrogens is 417 g/mol. The molecule has 0 aromatic heterocycles. The summed E-state index contributed by atoms with van der Waals surface area (Å²) < 4.78 is 28.8. The molecule has 0 aromatic rings. The van der Waals surface area contributed by atoms with E-state index in [9.17, 15) is 8.42 Å². The molecule has 0 bridgehead atoms. The van der Waals surface area contributed by atoms with Crippen LogP contribution in [-0.4, -0.2) is 63.1 Å². The fourth-order valence-corrected chi connectivity index (χ4v) is 4.22. The second-order valence-electron chi connectivity index (χ2n) is 6.14. The lowest BCUT2D eigenvalue weighted by Crippen LogP contribution is -2.47. The third kappa shape index (κ3) is 4.95. The number of aliphatic imine (C=N–C) groups is 1. The van der Waals surface area contributed by atoms with Gasteiger partial charge in [0.25, 0.3) is 0 Å². The van der Waals surface area contributed by atoms with E-state index in [0.29, 0.717) is 32.0 Å². The number of sulfone groups is 1. The molecule has 0 spiro atoms. The molecule has 8 heteroatoms. The highest BCUT2D eigenvalue weighted by Crippen LogP contribution is 2.29. The summed E-state index contributed by atoms with van der Waals surface area (Å²) in [6.45, 7) is 3.05. The van der Waals surface area contributed by atoms with Crippen molar-refractivity contribution in [3.8, 4) is 0 Å². The summed E-state index contributed by atoms with van der Waals surface area (Å²) in [5.41, 5.74) is 6.09. The van der Waals surface area contributed by atoms with Crippen molar-refractivity contribution >= 4 is 39.8 Å². The smallest absolute Gasteiger partial charge is 0.191 e. The molecule has 0 saturated carbocycles. The molecule has 0 amide bonds. The molecule has 2 fully saturated rings. The van der Waals surface area contributed by atoms with Gasteiger partial charge in [-0.05, 0) is 25.7 Å². The van der Waals surface area contributed by atoms with E-state index in [1.54, 1.807) is 0 Å². The molecule has 22 heavy (non-hydrogen) atoms. The predicted octanol–water partition coefficient (Wildman–Crippen LogP) is 1.39. The number of nitrogens with zero attached hydrogens (tertiary/aromatic N) is 2. The minimum Gasteiger partial charge on any atom is -0.381 e. The average molecular weight is 445 g/mol. The third-order valence-electron chi connectivity index (χ3n) is 4.65. The van der Waals surface area contributed by atoms with Crippen LogP contribution in [0.4, 0.5) is 0 Å². The first-order chi connectivity index (χ1) is 9.95. The Kier molecular flexibility index (Phi) is 7.87. The number of ether oxygens (including phenoxy) is 1. The lowest BCUT2D eigenvalue weighted by Gasteiger charge is -2.34. The average Bonchev–Trinajstić information content (AvgIpc) is 2.74. The van der Waals surface area contributed by atoms with Crippen molar-refractivity contribution in [1.82, 2.24) is 4.90 Å². The highest BCUT2D eigenvalue weighted by Gasteiger charge is 2.42. The Morgan fingerprint density at radius 1 is 1.18 bits per heavy atom. The molecule has 2 aliphatic rings. The minimum absolute atomic E-state index is 0. The minimum atomic E-state index is -3.18.